The fraction of sp³-hybridized carbons (Fsp3) is 0.800. The van der Waals surface area contributed by atoms with E-state index in [1.165, 1.54) is 25.0 Å². The third-order valence-electron chi connectivity index (χ3n) is 4.64. The van der Waals surface area contributed by atoms with Crippen molar-refractivity contribution in [3.8, 4) is 0 Å². The first-order valence-electron chi connectivity index (χ1n) is 7.54. The van der Waals surface area contributed by atoms with Crippen molar-refractivity contribution in [2.75, 3.05) is 0 Å². The van der Waals surface area contributed by atoms with Crippen molar-refractivity contribution < 1.29 is 0 Å². The van der Waals surface area contributed by atoms with Crippen LogP contribution in [0.5, 0.6) is 0 Å². The van der Waals surface area contributed by atoms with Crippen molar-refractivity contribution in [1.82, 2.24) is 9.78 Å². The average Bonchev–Trinajstić information content (AvgIpc) is 2.68. The molecule has 108 valence electrons. The van der Waals surface area contributed by atoms with E-state index in [0.29, 0.717) is 12.0 Å². The van der Waals surface area contributed by atoms with Gasteiger partial charge in [0.25, 0.3) is 0 Å². The van der Waals surface area contributed by atoms with Crippen LogP contribution in [0.4, 0.5) is 0 Å². The molecule has 1 heterocycles. The molecule has 3 nitrogen and oxygen atoms in total. The largest absolute Gasteiger partial charge is 0.327 e. The Bertz CT molecular complexity index is 427. The monoisotopic (exact) mass is 283 g/mol. The standard InChI is InChI=1S/C15H26ClN3/c1-4-11-6-7-13(17)12(8-11)9-14-15(16)10(3)18-19(14)5-2/h11-13H,4-9,17H2,1-3H3. The summed E-state index contributed by atoms with van der Waals surface area (Å²) in [4.78, 5) is 0. The molecule has 0 aromatic carbocycles. The first kappa shape index (κ1) is 14.9. The molecule has 1 aliphatic rings. The van der Waals surface area contributed by atoms with Gasteiger partial charge >= 0.3 is 0 Å². The van der Waals surface area contributed by atoms with Crippen LogP contribution >= 0.6 is 11.6 Å². The number of rotatable bonds is 4. The second-order valence-electron chi connectivity index (χ2n) is 5.88. The number of nitrogens with zero attached hydrogens (tertiary/aromatic N) is 2. The lowest BCUT2D eigenvalue weighted by molar-refractivity contribution is 0.224. The molecule has 19 heavy (non-hydrogen) atoms. The van der Waals surface area contributed by atoms with Crippen LogP contribution in [-0.2, 0) is 13.0 Å². The lowest BCUT2D eigenvalue weighted by Gasteiger charge is -2.34. The normalized spacial score (nSPS) is 27.7. The number of aryl methyl sites for hydroxylation is 2. The zero-order valence-electron chi connectivity index (χ0n) is 12.3. The molecular formula is C15H26ClN3. The third kappa shape index (κ3) is 3.14. The molecule has 1 aromatic rings. The quantitative estimate of drug-likeness (QED) is 0.918. The van der Waals surface area contributed by atoms with E-state index in [-0.39, 0.29) is 0 Å². The Morgan fingerprint density at radius 2 is 2.11 bits per heavy atom. The molecule has 0 amide bonds. The summed E-state index contributed by atoms with van der Waals surface area (Å²) in [6, 6.07) is 0.319. The molecule has 4 heteroatoms. The van der Waals surface area contributed by atoms with Gasteiger partial charge in [0.15, 0.2) is 0 Å². The highest BCUT2D eigenvalue weighted by Crippen LogP contribution is 2.34. The molecule has 0 radical (unpaired) electrons. The maximum Gasteiger partial charge on any atom is 0.0847 e. The van der Waals surface area contributed by atoms with Gasteiger partial charge in [0.05, 0.1) is 16.4 Å². The molecule has 1 saturated carbocycles. The van der Waals surface area contributed by atoms with E-state index < -0.39 is 0 Å². The van der Waals surface area contributed by atoms with Crippen LogP contribution in [0.3, 0.4) is 0 Å². The Balaban J connectivity index is 2.15. The van der Waals surface area contributed by atoms with E-state index in [1.54, 1.807) is 0 Å². The number of nitrogens with two attached hydrogens (primary N) is 1. The Labute approximate surface area is 121 Å². The highest BCUT2D eigenvalue weighted by Gasteiger charge is 2.29. The summed E-state index contributed by atoms with van der Waals surface area (Å²) in [7, 11) is 0. The fourth-order valence-corrected chi connectivity index (χ4v) is 3.52. The Kier molecular flexibility index (Phi) is 4.91. The van der Waals surface area contributed by atoms with Gasteiger partial charge in [-0.25, -0.2) is 0 Å². The average molecular weight is 284 g/mol. The van der Waals surface area contributed by atoms with Crippen LogP contribution in [0.2, 0.25) is 5.02 Å². The molecule has 0 spiro atoms. The van der Waals surface area contributed by atoms with Crippen LogP contribution < -0.4 is 5.73 Å². The van der Waals surface area contributed by atoms with Crippen LogP contribution in [0.25, 0.3) is 0 Å². The topological polar surface area (TPSA) is 43.8 Å². The van der Waals surface area contributed by atoms with E-state index in [0.717, 1.165) is 36.0 Å². The first-order valence-corrected chi connectivity index (χ1v) is 7.91. The maximum absolute atomic E-state index is 6.41. The minimum atomic E-state index is 0.319. The minimum Gasteiger partial charge on any atom is -0.327 e. The van der Waals surface area contributed by atoms with Gasteiger partial charge in [-0.3, -0.25) is 4.68 Å². The molecule has 3 unspecified atom stereocenters. The molecule has 2 rings (SSSR count). The van der Waals surface area contributed by atoms with Gasteiger partial charge in [0.1, 0.15) is 0 Å². The molecule has 0 bridgehead atoms. The number of hydrogen-bond donors (Lipinski definition) is 1. The first-order chi connectivity index (χ1) is 9.06. The van der Waals surface area contributed by atoms with Gasteiger partial charge < -0.3 is 5.73 Å². The van der Waals surface area contributed by atoms with Crippen molar-refractivity contribution in [1.29, 1.82) is 0 Å². The van der Waals surface area contributed by atoms with E-state index in [4.69, 9.17) is 17.3 Å². The van der Waals surface area contributed by atoms with Crippen LogP contribution in [0.1, 0.15) is 50.9 Å². The summed E-state index contributed by atoms with van der Waals surface area (Å²) < 4.78 is 2.04. The van der Waals surface area contributed by atoms with E-state index in [9.17, 15) is 0 Å². The zero-order chi connectivity index (χ0) is 14.0. The van der Waals surface area contributed by atoms with Gasteiger partial charge in [-0.1, -0.05) is 24.9 Å². The predicted octanol–water partition coefficient (Wildman–Crippen LogP) is 3.56. The van der Waals surface area contributed by atoms with Gasteiger partial charge in [0, 0.05) is 12.6 Å². The SMILES string of the molecule is CCC1CCC(N)C(Cc2c(Cl)c(C)nn2CC)C1. The lowest BCUT2D eigenvalue weighted by Crippen LogP contribution is -2.37. The Morgan fingerprint density at radius 3 is 2.74 bits per heavy atom. The molecule has 0 saturated heterocycles. The molecule has 3 atom stereocenters. The molecule has 1 aliphatic carbocycles. The maximum atomic E-state index is 6.41. The van der Waals surface area contributed by atoms with Crippen LogP contribution in [0, 0.1) is 18.8 Å². The molecular weight excluding hydrogens is 258 g/mol. The lowest BCUT2D eigenvalue weighted by atomic mass is 9.75. The molecule has 0 aliphatic heterocycles. The Morgan fingerprint density at radius 1 is 1.37 bits per heavy atom. The van der Waals surface area contributed by atoms with Gasteiger partial charge in [-0.15, -0.1) is 0 Å². The van der Waals surface area contributed by atoms with Crippen LogP contribution in [0.15, 0.2) is 0 Å². The molecule has 1 aromatic heterocycles. The number of halogens is 1. The van der Waals surface area contributed by atoms with Crippen molar-refractivity contribution in [3.63, 3.8) is 0 Å². The summed E-state index contributed by atoms with van der Waals surface area (Å²) in [5, 5.41) is 5.34. The van der Waals surface area contributed by atoms with Crippen molar-refractivity contribution in [2.24, 2.45) is 17.6 Å². The van der Waals surface area contributed by atoms with Gasteiger partial charge in [0.2, 0.25) is 0 Å². The molecule has 1 fully saturated rings. The zero-order valence-corrected chi connectivity index (χ0v) is 13.1. The van der Waals surface area contributed by atoms with E-state index >= 15 is 0 Å². The predicted molar refractivity (Wildman–Crippen MR) is 80.4 cm³/mol. The minimum absolute atomic E-state index is 0.319. The summed E-state index contributed by atoms with van der Waals surface area (Å²) in [6.07, 6.45) is 5.92. The third-order valence-corrected chi connectivity index (χ3v) is 5.13. The molecule has 2 N–H and O–H groups in total. The van der Waals surface area contributed by atoms with Crippen molar-refractivity contribution >= 4 is 11.6 Å². The van der Waals surface area contributed by atoms with Gasteiger partial charge in [-0.05, 0) is 51.4 Å². The summed E-state index contributed by atoms with van der Waals surface area (Å²) >= 11 is 6.41. The smallest absolute Gasteiger partial charge is 0.0847 e. The second kappa shape index (κ2) is 6.27. The van der Waals surface area contributed by atoms with E-state index in [2.05, 4.69) is 18.9 Å². The highest BCUT2D eigenvalue weighted by atomic mass is 35.5. The van der Waals surface area contributed by atoms with Crippen molar-refractivity contribution in [2.45, 2.75) is 65.5 Å². The summed E-state index contributed by atoms with van der Waals surface area (Å²) in [5.74, 6) is 1.39. The summed E-state index contributed by atoms with van der Waals surface area (Å²) in [5.41, 5.74) is 8.44. The van der Waals surface area contributed by atoms with Gasteiger partial charge in [-0.2, -0.15) is 5.10 Å². The number of aromatic nitrogens is 2. The Hall–Kier alpha value is -0.540. The van der Waals surface area contributed by atoms with Crippen LogP contribution in [-0.4, -0.2) is 15.8 Å². The number of hydrogen-bond acceptors (Lipinski definition) is 2. The van der Waals surface area contributed by atoms with Crippen molar-refractivity contribution in [3.05, 3.63) is 16.4 Å². The highest BCUT2D eigenvalue weighted by molar-refractivity contribution is 6.31. The fourth-order valence-electron chi connectivity index (χ4n) is 3.30. The second-order valence-corrected chi connectivity index (χ2v) is 6.26. The van der Waals surface area contributed by atoms with E-state index in [1.807, 2.05) is 11.6 Å². The summed E-state index contributed by atoms with van der Waals surface area (Å²) in [6.45, 7) is 7.25.